The van der Waals surface area contributed by atoms with E-state index in [9.17, 15) is 0 Å². The molecule has 1 N–H and O–H groups in total. The van der Waals surface area contributed by atoms with Crippen LogP contribution in [0.4, 0.5) is 0 Å². The van der Waals surface area contributed by atoms with Crippen molar-refractivity contribution in [3.05, 3.63) is 71.8 Å². The van der Waals surface area contributed by atoms with Crippen LogP contribution in [0, 0.1) is 0 Å². The van der Waals surface area contributed by atoms with Crippen LogP contribution in [0.3, 0.4) is 0 Å². The summed E-state index contributed by atoms with van der Waals surface area (Å²) in [5, 5.41) is 3.62. The number of aryl methyl sites for hydroxylation is 1. The van der Waals surface area contributed by atoms with Gasteiger partial charge in [0.1, 0.15) is 0 Å². The molecule has 2 rings (SSSR count). The second-order valence-electron chi connectivity index (χ2n) is 7.91. The lowest BCUT2D eigenvalue weighted by atomic mass is 9.95. The molecular weight excluding hydrogens is 362 g/mol. The van der Waals surface area contributed by atoms with Crippen LogP contribution >= 0.6 is 12.4 Å². The Morgan fingerprint density at radius 2 is 1.18 bits per heavy atom. The average Bonchev–Trinajstić information content (AvgIpc) is 2.72. The van der Waals surface area contributed by atoms with Gasteiger partial charge in [0.15, 0.2) is 0 Å². The van der Waals surface area contributed by atoms with Crippen LogP contribution in [0.1, 0.15) is 81.8 Å². The van der Waals surface area contributed by atoms with E-state index in [1.807, 2.05) is 0 Å². The fourth-order valence-electron chi connectivity index (χ4n) is 3.70. The van der Waals surface area contributed by atoms with Crippen molar-refractivity contribution in [2.75, 3.05) is 13.1 Å². The maximum absolute atomic E-state index is 3.62. The topological polar surface area (TPSA) is 12.0 Å². The third-order valence-electron chi connectivity index (χ3n) is 5.52. The molecule has 0 aromatic heterocycles. The zero-order valence-corrected chi connectivity index (χ0v) is 18.6. The van der Waals surface area contributed by atoms with Gasteiger partial charge >= 0.3 is 0 Å². The minimum atomic E-state index is 0. The highest BCUT2D eigenvalue weighted by Gasteiger charge is 2.03. The first kappa shape index (κ1) is 24.7. The van der Waals surface area contributed by atoms with Crippen molar-refractivity contribution in [2.45, 2.75) is 77.0 Å². The van der Waals surface area contributed by atoms with Crippen LogP contribution < -0.4 is 5.32 Å². The Labute approximate surface area is 179 Å². The molecule has 0 aliphatic heterocycles. The number of nitrogens with one attached hydrogen (secondary N) is 1. The summed E-state index contributed by atoms with van der Waals surface area (Å²) in [6, 6.07) is 21.8. The fourth-order valence-corrected chi connectivity index (χ4v) is 3.70. The molecule has 0 heterocycles. The Kier molecular flexibility index (Phi) is 14.7. The van der Waals surface area contributed by atoms with Gasteiger partial charge in [0.2, 0.25) is 0 Å². The van der Waals surface area contributed by atoms with Gasteiger partial charge in [0.05, 0.1) is 0 Å². The molecule has 156 valence electrons. The molecule has 0 spiro atoms. The average molecular weight is 402 g/mol. The molecule has 0 aliphatic carbocycles. The van der Waals surface area contributed by atoms with Crippen LogP contribution in [0.5, 0.6) is 0 Å². The van der Waals surface area contributed by atoms with Gasteiger partial charge in [-0.3, -0.25) is 0 Å². The lowest BCUT2D eigenvalue weighted by molar-refractivity contribution is 0.538. The van der Waals surface area contributed by atoms with Gasteiger partial charge in [0, 0.05) is 0 Å². The van der Waals surface area contributed by atoms with E-state index in [4.69, 9.17) is 0 Å². The summed E-state index contributed by atoms with van der Waals surface area (Å²) in [7, 11) is 0. The van der Waals surface area contributed by atoms with E-state index in [0.717, 1.165) is 0 Å². The van der Waals surface area contributed by atoms with E-state index in [2.05, 4.69) is 72.9 Å². The fraction of sp³-hybridized carbons (Fsp3) is 0.538. The summed E-state index contributed by atoms with van der Waals surface area (Å²) in [5.74, 6) is 0.695. The van der Waals surface area contributed by atoms with Gasteiger partial charge in [0.25, 0.3) is 0 Å². The number of hydrogen-bond acceptors (Lipinski definition) is 1. The third kappa shape index (κ3) is 11.5. The first-order chi connectivity index (χ1) is 13.4. The highest BCUT2D eigenvalue weighted by Crippen LogP contribution is 2.21. The Balaban J connectivity index is 0.00000392. The minimum Gasteiger partial charge on any atom is -0.317 e. The van der Waals surface area contributed by atoms with Crippen LogP contribution in [0.2, 0.25) is 0 Å². The standard InChI is InChI=1S/C26H39N.ClH/c1-24(26-20-12-6-13-21-26)16-8-7-15-23-27-22-14-4-2-3-9-17-25-18-10-5-11-19-25;/h5-6,10-13,18-21,24,27H,2-4,7-9,14-17,22-23H2,1H3;1H. The summed E-state index contributed by atoms with van der Waals surface area (Å²) in [4.78, 5) is 0. The van der Waals surface area contributed by atoms with E-state index < -0.39 is 0 Å². The summed E-state index contributed by atoms with van der Waals surface area (Å²) in [6.45, 7) is 4.74. The van der Waals surface area contributed by atoms with Gasteiger partial charge in [-0.05, 0) is 62.2 Å². The largest absolute Gasteiger partial charge is 0.317 e. The number of benzene rings is 2. The quantitative estimate of drug-likeness (QED) is 0.303. The lowest BCUT2D eigenvalue weighted by Gasteiger charge is -2.11. The van der Waals surface area contributed by atoms with Gasteiger partial charge in [-0.25, -0.2) is 0 Å². The smallest absolute Gasteiger partial charge is 0.00489 e. The molecule has 1 atom stereocenters. The van der Waals surface area contributed by atoms with Crippen LogP contribution in [0.15, 0.2) is 60.7 Å². The molecule has 2 heteroatoms. The van der Waals surface area contributed by atoms with Crippen molar-refractivity contribution in [3.8, 4) is 0 Å². The monoisotopic (exact) mass is 401 g/mol. The van der Waals surface area contributed by atoms with Crippen molar-refractivity contribution >= 4 is 12.4 Å². The summed E-state index contributed by atoms with van der Waals surface area (Å²) in [5.41, 5.74) is 2.97. The Morgan fingerprint density at radius 1 is 0.643 bits per heavy atom. The van der Waals surface area contributed by atoms with Crippen molar-refractivity contribution in [1.82, 2.24) is 5.32 Å². The molecule has 0 saturated heterocycles. The van der Waals surface area contributed by atoms with Crippen LogP contribution in [-0.4, -0.2) is 13.1 Å². The van der Waals surface area contributed by atoms with E-state index >= 15 is 0 Å². The Morgan fingerprint density at radius 3 is 1.86 bits per heavy atom. The zero-order chi connectivity index (χ0) is 19.0. The first-order valence-electron chi connectivity index (χ1n) is 11.2. The third-order valence-corrected chi connectivity index (χ3v) is 5.52. The minimum absolute atomic E-state index is 0. The first-order valence-corrected chi connectivity index (χ1v) is 11.2. The Bertz CT molecular complexity index is 570. The van der Waals surface area contributed by atoms with Gasteiger partial charge in [-0.1, -0.05) is 99.7 Å². The molecule has 0 aliphatic rings. The number of hydrogen-bond donors (Lipinski definition) is 1. The van der Waals surface area contributed by atoms with Crippen molar-refractivity contribution in [1.29, 1.82) is 0 Å². The molecule has 2 aromatic carbocycles. The Hall–Kier alpha value is -1.31. The molecule has 0 amide bonds. The summed E-state index contributed by atoms with van der Waals surface area (Å²) in [6.07, 6.45) is 13.3. The molecule has 1 nitrogen and oxygen atoms in total. The molecule has 0 bridgehead atoms. The summed E-state index contributed by atoms with van der Waals surface area (Å²) >= 11 is 0. The van der Waals surface area contributed by atoms with E-state index in [1.165, 1.54) is 88.4 Å². The van der Waals surface area contributed by atoms with Gasteiger partial charge < -0.3 is 5.32 Å². The highest BCUT2D eigenvalue weighted by molar-refractivity contribution is 5.85. The maximum Gasteiger partial charge on any atom is -0.00489 e. The van der Waals surface area contributed by atoms with Crippen molar-refractivity contribution in [3.63, 3.8) is 0 Å². The molecule has 0 fully saturated rings. The molecular formula is C26H40ClN. The number of unbranched alkanes of at least 4 members (excludes halogenated alkanes) is 6. The van der Waals surface area contributed by atoms with Crippen molar-refractivity contribution < 1.29 is 0 Å². The van der Waals surface area contributed by atoms with E-state index in [0.29, 0.717) is 5.92 Å². The van der Waals surface area contributed by atoms with E-state index in [-0.39, 0.29) is 12.4 Å². The number of halogens is 1. The molecule has 1 unspecified atom stereocenters. The maximum atomic E-state index is 3.62. The molecule has 2 aromatic rings. The van der Waals surface area contributed by atoms with Gasteiger partial charge in [-0.15, -0.1) is 12.4 Å². The second-order valence-corrected chi connectivity index (χ2v) is 7.91. The normalized spacial score (nSPS) is 11.8. The van der Waals surface area contributed by atoms with E-state index in [1.54, 1.807) is 0 Å². The van der Waals surface area contributed by atoms with Crippen molar-refractivity contribution in [2.24, 2.45) is 0 Å². The molecule has 0 saturated carbocycles. The predicted octanol–water partition coefficient (Wildman–Crippen LogP) is 7.56. The molecule has 0 radical (unpaired) electrons. The summed E-state index contributed by atoms with van der Waals surface area (Å²) < 4.78 is 0. The number of rotatable bonds is 15. The highest BCUT2D eigenvalue weighted by atomic mass is 35.5. The zero-order valence-electron chi connectivity index (χ0n) is 17.7. The van der Waals surface area contributed by atoms with Crippen LogP contribution in [0.25, 0.3) is 0 Å². The molecule has 28 heavy (non-hydrogen) atoms. The second kappa shape index (κ2) is 16.6. The lowest BCUT2D eigenvalue weighted by Crippen LogP contribution is -2.16. The van der Waals surface area contributed by atoms with Crippen LogP contribution in [-0.2, 0) is 6.42 Å². The van der Waals surface area contributed by atoms with Gasteiger partial charge in [-0.2, -0.15) is 0 Å². The predicted molar refractivity (Wildman–Crippen MR) is 127 cm³/mol. The SMILES string of the molecule is CC(CCCCCNCCCCCCCc1ccccc1)c1ccccc1.Cl.